The van der Waals surface area contributed by atoms with Crippen molar-refractivity contribution in [3.63, 3.8) is 0 Å². The molecule has 2 aromatic carbocycles. The second kappa shape index (κ2) is 8.63. The highest BCUT2D eigenvalue weighted by molar-refractivity contribution is 6.15. The fourth-order valence-electron chi connectivity index (χ4n) is 3.84. The van der Waals surface area contributed by atoms with Crippen molar-refractivity contribution in [2.75, 3.05) is 6.61 Å². The van der Waals surface area contributed by atoms with Gasteiger partial charge in [0.1, 0.15) is 5.76 Å². The van der Waals surface area contributed by atoms with Crippen molar-refractivity contribution in [1.29, 1.82) is 0 Å². The molecule has 0 fully saturated rings. The summed E-state index contributed by atoms with van der Waals surface area (Å²) in [4.78, 5) is 27.8. The number of carbonyl (C=O) groups is 2. The molecule has 0 spiro atoms. The summed E-state index contributed by atoms with van der Waals surface area (Å²) in [5.41, 5.74) is 1.28. The SMILES string of the molecule is CCOc1cc(C2C(C(=O)c3ccc(C)o3)=C(O)C(=O)N2Cc2ccccc2)ccc1O. The van der Waals surface area contributed by atoms with Gasteiger partial charge in [0.25, 0.3) is 5.91 Å². The summed E-state index contributed by atoms with van der Waals surface area (Å²) in [5.74, 6) is -1.10. The van der Waals surface area contributed by atoms with Gasteiger partial charge in [-0.25, -0.2) is 0 Å². The van der Waals surface area contributed by atoms with Gasteiger partial charge in [0.2, 0.25) is 5.78 Å². The molecule has 0 bridgehead atoms. The lowest BCUT2D eigenvalue weighted by molar-refractivity contribution is -0.130. The molecule has 0 radical (unpaired) electrons. The van der Waals surface area contributed by atoms with E-state index >= 15 is 0 Å². The van der Waals surface area contributed by atoms with E-state index in [4.69, 9.17) is 9.15 Å². The second-order valence-corrected chi connectivity index (χ2v) is 7.48. The molecule has 2 N–H and O–H groups in total. The Bertz CT molecular complexity index is 1190. The molecule has 32 heavy (non-hydrogen) atoms. The van der Waals surface area contributed by atoms with Crippen molar-refractivity contribution in [1.82, 2.24) is 4.90 Å². The van der Waals surface area contributed by atoms with Crippen LogP contribution in [0.5, 0.6) is 11.5 Å². The van der Waals surface area contributed by atoms with Crippen LogP contribution in [0.3, 0.4) is 0 Å². The molecule has 1 aromatic heterocycles. The lowest BCUT2D eigenvalue weighted by Gasteiger charge is -2.27. The number of nitrogens with zero attached hydrogens (tertiary/aromatic N) is 1. The van der Waals surface area contributed by atoms with E-state index in [0.29, 0.717) is 17.9 Å². The molecule has 1 atom stereocenters. The Morgan fingerprint density at radius 3 is 2.50 bits per heavy atom. The van der Waals surface area contributed by atoms with Crippen LogP contribution in [0.1, 0.15) is 40.4 Å². The van der Waals surface area contributed by atoms with E-state index in [-0.39, 0.29) is 29.4 Å². The molecule has 0 aliphatic carbocycles. The van der Waals surface area contributed by atoms with Crippen molar-refractivity contribution in [3.8, 4) is 11.5 Å². The number of phenolic OH excluding ortho intramolecular Hbond substituents is 1. The Hall–Kier alpha value is -4.00. The van der Waals surface area contributed by atoms with Crippen LogP contribution < -0.4 is 4.74 Å². The number of ether oxygens (including phenoxy) is 1. The van der Waals surface area contributed by atoms with Crippen molar-refractivity contribution in [2.24, 2.45) is 0 Å². The number of hydrogen-bond donors (Lipinski definition) is 2. The number of aromatic hydroxyl groups is 1. The first-order valence-electron chi connectivity index (χ1n) is 10.3. The normalized spacial score (nSPS) is 16.0. The van der Waals surface area contributed by atoms with Crippen LogP contribution in [-0.2, 0) is 11.3 Å². The van der Waals surface area contributed by atoms with Gasteiger partial charge in [-0.05, 0) is 49.2 Å². The van der Waals surface area contributed by atoms with E-state index in [1.807, 2.05) is 30.3 Å². The van der Waals surface area contributed by atoms with Gasteiger partial charge < -0.3 is 24.3 Å². The maximum Gasteiger partial charge on any atom is 0.290 e. The summed E-state index contributed by atoms with van der Waals surface area (Å²) in [6.07, 6.45) is 0. The lowest BCUT2D eigenvalue weighted by atomic mass is 9.94. The second-order valence-electron chi connectivity index (χ2n) is 7.48. The molecule has 1 unspecified atom stereocenters. The number of furan rings is 1. The zero-order chi connectivity index (χ0) is 22.8. The van der Waals surface area contributed by atoms with E-state index in [2.05, 4.69) is 0 Å². The standard InChI is InChI=1S/C25H23NO6/c1-3-31-20-13-17(10-11-18(20)27)22-21(23(28)19-12-9-15(2)32-19)24(29)25(30)26(22)14-16-7-5-4-6-8-16/h4-13,22,27,29H,3,14H2,1-2H3. The topological polar surface area (TPSA) is 100 Å². The smallest absolute Gasteiger partial charge is 0.290 e. The van der Waals surface area contributed by atoms with Gasteiger partial charge >= 0.3 is 0 Å². The Kier molecular flexibility index (Phi) is 5.73. The molecule has 2 heterocycles. The Morgan fingerprint density at radius 1 is 1.09 bits per heavy atom. The van der Waals surface area contributed by atoms with Crippen LogP contribution in [0.2, 0.25) is 0 Å². The Morgan fingerprint density at radius 2 is 1.84 bits per heavy atom. The summed E-state index contributed by atoms with van der Waals surface area (Å²) in [5, 5.41) is 20.9. The van der Waals surface area contributed by atoms with Crippen molar-refractivity contribution in [3.05, 3.63) is 94.6 Å². The van der Waals surface area contributed by atoms with Crippen molar-refractivity contribution < 1.29 is 29.0 Å². The molecule has 1 aliphatic heterocycles. The van der Waals surface area contributed by atoms with Gasteiger partial charge in [0, 0.05) is 6.54 Å². The molecule has 0 saturated carbocycles. The summed E-state index contributed by atoms with van der Waals surface area (Å²) < 4.78 is 11.0. The third-order valence-corrected chi connectivity index (χ3v) is 5.31. The van der Waals surface area contributed by atoms with Gasteiger partial charge in [-0.2, -0.15) is 0 Å². The highest BCUT2D eigenvalue weighted by Gasteiger charge is 2.44. The molecule has 0 saturated heterocycles. The number of amides is 1. The third kappa shape index (κ3) is 3.85. The Labute approximate surface area is 185 Å². The molecular weight excluding hydrogens is 410 g/mol. The number of carbonyl (C=O) groups excluding carboxylic acids is 2. The lowest BCUT2D eigenvalue weighted by Crippen LogP contribution is -2.30. The van der Waals surface area contributed by atoms with E-state index in [0.717, 1.165) is 5.56 Å². The van der Waals surface area contributed by atoms with E-state index < -0.39 is 23.5 Å². The number of ketones is 1. The quantitative estimate of drug-likeness (QED) is 0.533. The third-order valence-electron chi connectivity index (χ3n) is 5.31. The first-order chi connectivity index (χ1) is 15.4. The van der Waals surface area contributed by atoms with Gasteiger partial charge in [-0.3, -0.25) is 9.59 Å². The minimum atomic E-state index is -0.889. The maximum atomic E-state index is 13.3. The first-order valence-corrected chi connectivity index (χ1v) is 10.3. The molecule has 164 valence electrons. The number of aryl methyl sites for hydroxylation is 1. The zero-order valence-electron chi connectivity index (χ0n) is 17.7. The minimum Gasteiger partial charge on any atom is -0.504 e. The monoisotopic (exact) mass is 433 g/mol. The van der Waals surface area contributed by atoms with Crippen molar-refractivity contribution in [2.45, 2.75) is 26.4 Å². The predicted molar refractivity (Wildman–Crippen MR) is 116 cm³/mol. The number of Topliss-reactive ketones (excluding diaryl/α,β-unsaturated/α-hetero) is 1. The molecule has 7 nitrogen and oxygen atoms in total. The average Bonchev–Trinajstić information content (AvgIpc) is 3.33. The summed E-state index contributed by atoms with van der Waals surface area (Å²) in [6, 6.07) is 16.2. The molecule has 1 aliphatic rings. The van der Waals surface area contributed by atoms with E-state index in [1.54, 1.807) is 32.0 Å². The fourth-order valence-corrected chi connectivity index (χ4v) is 3.84. The predicted octanol–water partition coefficient (Wildman–Crippen LogP) is 4.47. The Balaban J connectivity index is 1.82. The van der Waals surface area contributed by atoms with Gasteiger partial charge in [0.15, 0.2) is 23.0 Å². The van der Waals surface area contributed by atoms with Crippen LogP contribution in [0.25, 0.3) is 0 Å². The molecular formula is C25H23NO6. The fraction of sp³-hybridized carbons (Fsp3) is 0.200. The van der Waals surface area contributed by atoms with Crippen LogP contribution in [0.15, 0.2) is 76.4 Å². The maximum absolute atomic E-state index is 13.3. The van der Waals surface area contributed by atoms with E-state index in [9.17, 15) is 19.8 Å². The summed E-state index contributed by atoms with van der Waals surface area (Å²) >= 11 is 0. The largest absolute Gasteiger partial charge is 0.504 e. The number of rotatable bonds is 7. The van der Waals surface area contributed by atoms with E-state index in [1.165, 1.54) is 17.0 Å². The van der Waals surface area contributed by atoms with Crippen LogP contribution in [-0.4, -0.2) is 33.4 Å². The number of hydrogen-bond acceptors (Lipinski definition) is 6. The first kappa shape index (κ1) is 21.2. The van der Waals surface area contributed by atoms with Crippen molar-refractivity contribution >= 4 is 11.7 Å². The zero-order valence-corrected chi connectivity index (χ0v) is 17.7. The van der Waals surface area contributed by atoms with Gasteiger partial charge in [-0.1, -0.05) is 36.4 Å². The summed E-state index contributed by atoms with van der Waals surface area (Å²) in [7, 11) is 0. The highest BCUT2D eigenvalue weighted by Crippen LogP contribution is 2.42. The molecule has 1 amide bonds. The number of benzene rings is 2. The molecule has 4 rings (SSSR count). The number of aliphatic hydroxyl groups excluding tert-OH is 1. The average molecular weight is 433 g/mol. The van der Waals surface area contributed by atoms with Crippen LogP contribution >= 0.6 is 0 Å². The van der Waals surface area contributed by atoms with Crippen LogP contribution in [0, 0.1) is 6.92 Å². The summed E-state index contributed by atoms with van der Waals surface area (Å²) in [6.45, 7) is 3.99. The molecule has 3 aromatic rings. The number of phenols is 1. The van der Waals surface area contributed by atoms with Gasteiger partial charge in [-0.15, -0.1) is 0 Å². The van der Waals surface area contributed by atoms with Crippen LogP contribution in [0.4, 0.5) is 0 Å². The highest BCUT2D eigenvalue weighted by atomic mass is 16.5. The minimum absolute atomic E-state index is 0.0345. The van der Waals surface area contributed by atoms with Gasteiger partial charge in [0.05, 0.1) is 18.2 Å². The molecule has 7 heteroatoms. The number of aliphatic hydroxyl groups is 1.